The first kappa shape index (κ1) is 18.1. The number of esters is 1. The normalized spacial score (nSPS) is 20.7. The van der Waals surface area contributed by atoms with Crippen LogP contribution in [0.3, 0.4) is 0 Å². The molecule has 1 unspecified atom stereocenters. The Labute approximate surface area is 174 Å². The minimum atomic E-state index is -0.252. The summed E-state index contributed by atoms with van der Waals surface area (Å²) < 4.78 is 5.64. The number of para-hydroxylation sites is 2. The van der Waals surface area contributed by atoms with Crippen LogP contribution in [-0.4, -0.2) is 5.97 Å². The van der Waals surface area contributed by atoms with E-state index in [1.807, 2.05) is 42.1 Å². The van der Waals surface area contributed by atoms with Gasteiger partial charge in [0, 0.05) is 28.7 Å². The fraction of sp³-hybridized carbons (Fsp3) is 0.160. The van der Waals surface area contributed by atoms with Crippen molar-refractivity contribution in [2.24, 2.45) is 0 Å². The fourth-order valence-corrected chi connectivity index (χ4v) is 5.09. The summed E-state index contributed by atoms with van der Waals surface area (Å²) in [5, 5.41) is 3.78. The van der Waals surface area contributed by atoms with E-state index in [0.29, 0.717) is 12.2 Å². The number of rotatable bonds is 1. The summed E-state index contributed by atoms with van der Waals surface area (Å²) in [6, 6.07) is 24.7. The number of thioether (sulfide) groups is 1. The van der Waals surface area contributed by atoms with Crippen molar-refractivity contribution in [3.63, 3.8) is 0 Å². The van der Waals surface area contributed by atoms with Gasteiger partial charge in [-0.1, -0.05) is 60.2 Å². The molecule has 144 valence electrons. The highest BCUT2D eigenvalue weighted by Gasteiger charge is 2.29. The van der Waals surface area contributed by atoms with Gasteiger partial charge in [0.1, 0.15) is 5.75 Å². The number of hydrogen-bond donors (Lipinski definition) is 1. The number of ether oxygens (including phenoxy) is 1. The standard InChI is InChI=1S/C25H21NO2S/c1-16-10-12-17(13-11-16)24-15-21(26-20-7-3-5-9-23(20)29-24)19-14-18-6-2-4-8-22(18)28-25(19)27/h2-13,24,26H,14-15H2,1H3/b21-19-. The zero-order valence-electron chi connectivity index (χ0n) is 16.1. The van der Waals surface area contributed by atoms with E-state index in [9.17, 15) is 4.79 Å². The van der Waals surface area contributed by atoms with Gasteiger partial charge in [-0.05, 0) is 36.2 Å². The lowest BCUT2D eigenvalue weighted by Crippen LogP contribution is -2.23. The van der Waals surface area contributed by atoms with Crippen LogP contribution in [0.2, 0.25) is 0 Å². The molecule has 0 saturated heterocycles. The van der Waals surface area contributed by atoms with Crippen LogP contribution in [0, 0.1) is 6.92 Å². The number of anilines is 1. The molecule has 1 atom stereocenters. The van der Waals surface area contributed by atoms with Crippen LogP contribution in [0.5, 0.6) is 5.75 Å². The van der Waals surface area contributed by atoms with E-state index in [0.717, 1.165) is 28.9 Å². The van der Waals surface area contributed by atoms with Crippen molar-refractivity contribution >= 4 is 23.4 Å². The molecule has 0 fully saturated rings. The van der Waals surface area contributed by atoms with E-state index in [1.165, 1.54) is 16.0 Å². The molecule has 1 N–H and O–H groups in total. The molecular weight excluding hydrogens is 378 g/mol. The van der Waals surface area contributed by atoms with Crippen molar-refractivity contribution in [2.45, 2.75) is 29.9 Å². The smallest absolute Gasteiger partial charge is 0.341 e. The zero-order valence-corrected chi connectivity index (χ0v) is 17.0. The van der Waals surface area contributed by atoms with Crippen LogP contribution in [-0.2, 0) is 11.2 Å². The second-order valence-corrected chi connectivity index (χ2v) is 8.72. The Balaban J connectivity index is 1.59. The van der Waals surface area contributed by atoms with Crippen molar-refractivity contribution in [1.29, 1.82) is 0 Å². The molecule has 0 spiro atoms. The predicted octanol–water partition coefficient (Wildman–Crippen LogP) is 6.06. The maximum atomic E-state index is 12.8. The number of aryl methyl sites for hydroxylation is 1. The molecule has 3 aromatic carbocycles. The highest BCUT2D eigenvalue weighted by molar-refractivity contribution is 7.99. The first-order valence-corrected chi connectivity index (χ1v) is 10.7. The van der Waals surface area contributed by atoms with Gasteiger partial charge in [0.2, 0.25) is 0 Å². The van der Waals surface area contributed by atoms with Crippen molar-refractivity contribution in [3.05, 3.63) is 101 Å². The zero-order chi connectivity index (χ0) is 19.8. The van der Waals surface area contributed by atoms with E-state index in [2.05, 4.69) is 54.7 Å². The van der Waals surface area contributed by atoms with Gasteiger partial charge >= 0.3 is 5.97 Å². The SMILES string of the molecule is Cc1ccc(C2C/C(=C3\Cc4ccccc4OC3=O)Nc3ccccc3S2)cc1. The Kier molecular flexibility index (Phi) is 4.64. The molecule has 2 aliphatic rings. The molecule has 0 aliphatic carbocycles. The van der Waals surface area contributed by atoms with E-state index in [1.54, 1.807) is 0 Å². The van der Waals surface area contributed by atoms with Crippen LogP contribution in [0.15, 0.2) is 89.0 Å². The fourth-order valence-electron chi connectivity index (χ4n) is 3.84. The van der Waals surface area contributed by atoms with Crippen molar-refractivity contribution in [3.8, 4) is 5.75 Å². The summed E-state index contributed by atoms with van der Waals surface area (Å²) in [7, 11) is 0. The summed E-state index contributed by atoms with van der Waals surface area (Å²) >= 11 is 1.84. The van der Waals surface area contributed by atoms with E-state index >= 15 is 0 Å². The molecule has 0 radical (unpaired) electrons. The molecule has 29 heavy (non-hydrogen) atoms. The van der Waals surface area contributed by atoms with Gasteiger partial charge in [0.05, 0.1) is 11.3 Å². The quantitative estimate of drug-likeness (QED) is 0.307. The van der Waals surface area contributed by atoms with Crippen molar-refractivity contribution < 1.29 is 9.53 Å². The van der Waals surface area contributed by atoms with Gasteiger partial charge < -0.3 is 10.1 Å². The summed E-state index contributed by atoms with van der Waals surface area (Å²) in [6.45, 7) is 2.10. The highest BCUT2D eigenvalue weighted by atomic mass is 32.2. The van der Waals surface area contributed by atoms with Gasteiger partial charge in [-0.25, -0.2) is 4.79 Å². The number of allylic oxidation sites excluding steroid dienone is 1. The molecule has 3 aromatic rings. The lowest BCUT2D eigenvalue weighted by atomic mass is 9.96. The molecule has 0 bridgehead atoms. The molecule has 0 aromatic heterocycles. The van der Waals surface area contributed by atoms with Gasteiger partial charge in [0.25, 0.3) is 0 Å². The largest absolute Gasteiger partial charge is 0.423 e. The first-order chi connectivity index (χ1) is 14.2. The molecule has 3 nitrogen and oxygen atoms in total. The number of carbonyl (C=O) groups excluding carboxylic acids is 1. The number of benzene rings is 3. The number of fused-ring (bicyclic) bond motifs is 2. The predicted molar refractivity (Wildman–Crippen MR) is 117 cm³/mol. The van der Waals surface area contributed by atoms with Crippen molar-refractivity contribution in [1.82, 2.24) is 0 Å². The lowest BCUT2D eigenvalue weighted by molar-refractivity contribution is -0.130. The topological polar surface area (TPSA) is 38.3 Å². The Morgan fingerprint density at radius 2 is 1.72 bits per heavy atom. The number of nitrogens with one attached hydrogen (secondary N) is 1. The Morgan fingerprint density at radius 3 is 2.59 bits per heavy atom. The Bertz CT molecular complexity index is 1120. The number of hydrogen-bond acceptors (Lipinski definition) is 4. The molecule has 0 saturated carbocycles. The second-order valence-electron chi connectivity index (χ2n) is 7.47. The Hall–Kier alpha value is -2.98. The third-order valence-electron chi connectivity index (χ3n) is 5.43. The summed E-state index contributed by atoms with van der Waals surface area (Å²) in [4.78, 5) is 14.0. The molecule has 4 heteroatoms. The summed E-state index contributed by atoms with van der Waals surface area (Å²) in [6.07, 6.45) is 1.33. The Morgan fingerprint density at radius 1 is 0.966 bits per heavy atom. The maximum Gasteiger partial charge on any atom is 0.341 e. The van der Waals surface area contributed by atoms with Crippen LogP contribution in [0.4, 0.5) is 5.69 Å². The third kappa shape index (κ3) is 3.56. The third-order valence-corrected chi connectivity index (χ3v) is 6.77. The molecule has 0 amide bonds. The first-order valence-electron chi connectivity index (χ1n) is 9.79. The highest BCUT2D eigenvalue weighted by Crippen LogP contribution is 2.47. The van der Waals surface area contributed by atoms with Crippen LogP contribution in [0.1, 0.15) is 28.4 Å². The minimum absolute atomic E-state index is 0.222. The molecular formula is C25H21NO2S. The van der Waals surface area contributed by atoms with Gasteiger partial charge in [-0.3, -0.25) is 0 Å². The summed E-state index contributed by atoms with van der Waals surface area (Å²) in [5.74, 6) is 0.415. The molecule has 5 rings (SSSR count). The molecule has 2 heterocycles. The van der Waals surface area contributed by atoms with Crippen LogP contribution < -0.4 is 10.1 Å². The maximum absolute atomic E-state index is 12.8. The van der Waals surface area contributed by atoms with E-state index < -0.39 is 0 Å². The average molecular weight is 400 g/mol. The van der Waals surface area contributed by atoms with E-state index in [4.69, 9.17) is 4.74 Å². The summed E-state index contributed by atoms with van der Waals surface area (Å²) in [5.41, 5.74) is 6.28. The van der Waals surface area contributed by atoms with Crippen molar-refractivity contribution in [2.75, 3.05) is 5.32 Å². The number of carbonyl (C=O) groups is 1. The van der Waals surface area contributed by atoms with Gasteiger partial charge in [-0.15, -0.1) is 11.8 Å². The monoisotopic (exact) mass is 399 g/mol. The lowest BCUT2D eigenvalue weighted by Gasteiger charge is -2.22. The van der Waals surface area contributed by atoms with E-state index in [-0.39, 0.29) is 11.2 Å². The van der Waals surface area contributed by atoms with Gasteiger partial charge in [-0.2, -0.15) is 0 Å². The van der Waals surface area contributed by atoms with Gasteiger partial charge in [0.15, 0.2) is 0 Å². The average Bonchev–Trinajstić information content (AvgIpc) is 2.93. The minimum Gasteiger partial charge on any atom is -0.423 e. The van der Waals surface area contributed by atoms with Crippen LogP contribution in [0.25, 0.3) is 0 Å². The van der Waals surface area contributed by atoms with Crippen LogP contribution >= 0.6 is 11.8 Å². The second kappa shape index (κ2) is 7.45. The molecule has 2 aliphatic heterocycles.